The second kappa shape index (κ2) is 4.70. The van der Waals surface area contributed by atoms with Crippen LogP contribution < -0.4 is 0 Å². The lowest BCUT2D eigenvalue weighted by atomic mass is 10.3. The predicted molar refractivity (Wildman–Crippen MR) is 71.5 cm³/mol. The van der Waals surface area contributed by atoms with Gasteiger partial charge in [0.2, 0.25) is 0 Å². The van der Waals surface area contributed by atoms with Crippen molar-refractivity contribution in [2.45, 2.75) is 0 Å². The van der Waals surface area contributed by atoms with Gasteiger partial charge in [0.05, 0.1) is 11.2 Å². The Labute approximate surface area is 109 Å². The monoisotopic (exact) mass is 247 g/mol. The Balaban J connectivity index is 2.14. The zero-order valence-corrected chi connectivity index (χ0v) is 9.93. The first-order valence-electron chi connectivity index (χ1n) is 5.72. The van der Waals surface area contributed by atoms with Gasteiger partial charge in [0.15, 0.2) is 0 Å². The first-order chi connectivity index (χ1) is 9.38. The van der Waals surface area contributed by atoms with Gasteiger partial charge in [-0.15, -0.1) is 5.10 Å². The van der Waals surface area contributed by atoms with Crippen molar-refractivity contribution in [1.82, 2.24) is 20.0 Å². The fraction of sp³-hybridized carbons (Fsp3) is 0. The highest BCUT2D eigenvalue weighted by Gasteiger charge is 2.07. The van der Waals surface area contributed by atoms with Gasteiger partial charge in [-0.1, -0.05) is 23.4 Å². The predicted octanol–water partition coefficient (Wildman–Crippen LogP) is 2.35. The Kier molecular flexibility index (Phi) is 2.75. The van der Waals surface area contributed by atoms with Crippen molar-refractivity contribution >= 4 is 22.8 Å². The normalized spacial score (nSPS) is 11.4. The Bertz CT molecular complexity index is 780. The van der Waals surface area contributed by atoms with Crippen LogP contribution >= 0.6 is 0 Å². The number of benzene rings is 1. The highest BCUT2D eigenvalue weighted by Crippen LogP contribution is 2.16. The summed E-state index contributed by atoms with van der Waals surface area (Å²) in [5.74, 6) is 0. The molecule has 0 saturated heterocycles. The van der Waals surface area contributed by atoms with Crippen molar-refractivity contribution in [3.05, 3.63) is 54.4 Å². The average molecular weight is 247 g/mol. The second-order valence-corrected chi connectivity index (χ2v) is 3.89. The highest BCUT2D eigenvalue weighted by atomic mass is 15.4. The van der Waals surface area contributed by atoms with E-state index < -0.39 is 0 Å². The summed E-state index contributed by atoms with van der Waals surface area (Å²) in [4.78, 5) is 4.17. The van der Waals surface area contributed by atoms with Gasteiger partial charge in [0, 0.05) is 12.3 Å². The fourth-order valence-corrected chi connectivity index (χ4v) is 1.79. The van der Waals surface area contributed by atoms with Crippen LogP contribution in [0.4, 0.5) is 0 Å². The van der Waals surface area contributed by atoms with E-state index in [-0.39, 0.29) is 0 Å². The molecule has 0 N–H and O–H groups in total. The average Bonchev–Trinajstić information content (AvgIpc) is 2.90. The topological polar surface area (TPSA) is 67.4 Å². The smallest absolute Gasteiger partial charge is 0.146 e. The van der Waals surface area contributed by atoms with Gasteiger partial charge < -0.3 is 0 Å². The Morgan fingerprint density at radius 3 is 2.79 bits per heavy atom. The molecule has 2 aromatic heterocycles. The number of aromatic nitrogens is 4. The van der Waals surface area contributed by atoms with Crippen LogP contribution in [0.25, 0.3) is 22.8 Å². The zero-order valence-electron chi connectivity index (χ0n) is 9.93. The number of fused-ring (bicyclic) bond motifs is 1. The summed E-state index contributed by atoms with van der Waals surface area (Å²) in [5, 5.41) is 17.3. The molecule has 0 fully saturated rings. The van der Waals surface area contributed by atoms with Crippen molar-refractivity contribution in [2.24, 2.45) is 0 Å². The minimum absolute atomic E-state index is 0.382. The van der Waals surface area contributed by atoms with Gasteiger partial charge in [-0.25, -0.2) is 4.68 Å². The molecule has 1 aromatic carbocycles. The summed E-state index contributed by atoms with van der Waals surface area (Å²) >= 11 is 0. The van der Waals surface area contributed by atoms with E-state index in [9.17, 15) is 5.26 Å². The Morgan fingerprint density at radius 1 is 1.16 bits per heavy atom. The second-order valence-electron chi connectivity index (χ2n) is 3.89. The summed E-state index contributed by atoms with van der Waals surface area (Å²) in [5.41, 5.74) is 2.64. The Morgan fingerprint density at radius 2 is 2.00 bits per heavy atom. The molecule has 0 unspecified atom stereocenters. The lowest BCUT2D eigenvalue weighted by Gasteiger charge is -1.99. The molecule has 0 aliphatic rings. The molecule has 2 heterocycles. The van der Waals surface area contributed by atoms with Crippen LogP contribution in [0.3, 0.4) is 0 Å². The first kappa shape index (κ1) is 11.1. The van der Waals surface area contributed by atoms with E-state index in [1.807, 2.05) is 42.5 Å². The maximum absolute atomic E-state index is 9.28. The standard InChI is InChI=1S/C14H9N5/c15-10-12(9-11-5-3-4-8-16-11)19-14-7-2-1-6-13(14)17-18-19/h1-9H/b12-9+. The number of pyridine rings is 1. The third-order valence-electron chi connectivity index (χ3n) is 2.67. The number of allylic oxidation sites excluding steroid dienone is 1. The van der Waals surface area contributed by atoms with E-state index in [0.717, 1.165) is 11.0 Å². The van der Waals surface area contributed by atoms with Crippen molar-refractivity contribution in [2.75, 3.05) is 0 Å². The van der Waals surface area contributed by atoms with Crippen LogP contribution in [0.2, 0.25) is 0 Å². The van der Waals surface area contributed by atoms with Crippen LogP contribution in [-0.2, 0) is 0 Å². The number of nitriles is 1. The van der Waals surface area contributed by atoms with Crippen molar-refractivity contribution < 1.29 is 0 Å². The minimum Gasteiger partial charge on any atom is -0.257 e. The molecule has 3 aromatic rings. The molecule has 0 radical (unpaired) electrons. The lowest BCUT2D eigenvalue weighted by molar-refractivity contribution is 0.848. The van der Waals surface area contributed by atoms with Crippen LogP contribution in [-0.4, -0.2) is 20.0 Å². The van der Waals surface area contributed by atoms with E-state index in [0.29, 0.717) is 11.4 Å². The number of nitrogens with zero attached hydrogens (tertiary/aromatic N) is 5. The lowest BCUT2D eigenvalue weighted by Crippen LogP contribution is -1.97. The number of hydrogen-bond acceptors (Lipinski definition) is 4. The molecule has 0 bridgehead atoms. The van der Waals surface area contributed by atoms with E-state index in [4.69, 9.17) is 0 Å². The van der Waals surface area contributed by atoms with Crippen LogP contribution in [0.5, 0.6) is 0 Å². The number of hydrogen-bond donors (Lipinski definition) is 0. The summed E-state index contributed by atoms with van der Waals surface area (Å²) in [6.45, 7) is 0. The van der Waals surface area contributed by atoms with Gasteiger partial charge in [-0.3, -0.25) is 4.98 Å². The maximum Gasteiger partial charge on any atom is 0.146 e. The molecule has 90 valence electrons. The molecule has 0 saturated carbocycles. The van der Waals surface area contributed by atoms with Crippen LogP contribution in [0.1, 0.15) is 5.69 Å². The molecular formula is C14H9N5. The van der Waals surface area contributed by atoms with Gasteiger partial charge in [-0.05, 0) is 24.3 Å². The molecular weight excluding hydrogens is 238 g/mol. The third-order valence-corrected chi connectivity index (χ3v) is 2.67. The summed E-state index contributed by atoms with van der Waals surface area (Å²) in [7, 11) is 0. The SMILES string of the molecule is N#C/C(=C\c1ccccn1)n1nnc2ccccc21. The van der Waals surface area contributed by atoms with Gasteiger partial charge in [0.1, 0.15) is 17.3 Å². The van der Waals surface area contributed by atoms with E-state index >= 15 is 0 Å². The third kappa shape index (κ3) is 2.07. The van der Waals surface area contributed by atoms with Gasteiger partial charge in [0.25, 0.3) is 0 Å². The first-order valence-corrected chi connectivity index (χ1v) is 5.72. The van der Waals surface area contributed by atoms with Gasteiger partial charge in [-0.2, -0.15) is 5.26 Å². The molecule has 0 spiro atoms. The molecule has 0 atom stereocenters. The maximum atomic E-state index is 9.28. The van der Waals surface area contributed by atoms with E-state index in [2.05, 4.69) is 21.4 Å². The molecule has 19 heavy (non-hydrogen) atoms. The summed E-state index contributed by atoms with van der Waals surface area (Å²) in [6.07, 6.45) is 3.36. The van der Waals surface area contributed by atoms with Crippen molar-refractivity contribution in [3.8, 4) is 6.07 Å². The van der Waals surface area contributed by atoms with Gasteiger partial charge >= 0.3 is 0 Å². The van der Waals surface area contributed by atoms with Crippen molar-refractivity contribution in [3.63, 3.8) is 0 Å². The quantitative estimate of drug-likeness (QED) is 0.652. The van der Waals surface area contributed by atoms with Crippen LogP contribution in [0, 0.1) is 11.3 Å². The van der Waals surface area contributed by atoms with Crippen molar-refractivity contribution in [1.29, 1.82) is 5.26 Å². The zero-order chi connectivity index (χ0) is 13.1. The molecule has 0 amide bonds. The molecule has 0 aliphatic heterocycles. The molecule has 5 heteroatoms. The largest absolute Gasteiger partial charge is 0.257 e. The van der Waals surface area contributed by atoms with Crippen LogP contribution in [0.15, 0.2) is 48.7 Å². The minimum atomic E-state index is 0.382. The highest BCUT2D eigenvalue weighted by molar-refractivity contribution is 5.85. The Hall–Kier alpha value is -3.00. The fourth-order valence-electron chi connectivity index (χ4n) is 1.79. The molecule has 3 rings (SSSR count). The number of rotatable bonds is 2. The summed E-state index contributed by atoms with van der Waals surface area (Å²) in [6, 6.07) is 15.2. The summed E-state index contributed by atoms with van der Waals surface area (Å²) < 4.78 is 1.52. The number of para-hydroxylation sites is 1. The van der Waals surface area contributed by atoms with E-state index in [1.54, 1.807) is 12.3 Å². The van der Waals surface area contributed by atoms with E-state index in [1.165, 1.54) is 4.68 Å². The molecule has 5 nitrogen and oxygen atoms in total. The molecule has 0 aliphatic carbocycles.